The molecule has 2 heterocycles. The van der Waals surface area contributed by atoms with Gasteiger partial charge in [0.05, 0.1) is 23.2 Å². The summed E-state index contributed by atoms with van der Waals surface area (Å²) in [7, 11) is -3.12. The van der Waals surface area contributed by atoms with Gasteiger partial charge in [0.25, 0.3) is 5.91 Å². The second-order valence-electron chi connectivity index (χ2n) is 7.21. The van der Waals surface area contributed by atoms with Crippen LogP contribution in [0, 0.1) is 0 Å². The van der Waals surface area contributed by atoms with E-state index < -0.39 is 9.84 Å². The molecular weight excluding hydrogens is 506 g/mol. The van der Waals surface area contributed by atoms with Crippen molar-refractivity contribution in [3.63, 3.8) is 0 Å². The summed E-state index contributed by atoms with van der Waals surface area (Å²) >= 11 is 9.32. The quantitative estimate of drug-likeness (QED) is 0.518. The zero-order valence-corrected chi connectivity index (χ0v) is 19.5. The van der Waals surface area contributed by atoms with Gasteiger partial charge in [-0.25, -0.2) is 13.1 Å². The number of amides is 1. The predicted molar refractivity (Wildman–Crippen MR) is 123 cm³/mol. The second kappa shape index (κ2) is 9.02. The first kappa shape index (κ1) is 21.9. The normalized spacial score (nSPS) is 17.4. The van der Waals surface area contributed by atoms with Crippen LogP contribution in [-0.4, -0.2) is 42.2 Å². The molecule has 0 unspecified atom stereocenters. The van der Waals surface area contributed by atoms with Gasteiger partial charge in [0, 0.05) is 21.1 Å². The van der Waals surface area contributed by atoms with Gasteiger partial charge in [-0.3, -0.25) is 4.79 Å². The number of ether oxygens (including phenoxy) is 1. The predicted octanol–water partition coefficient (Wildman–Crippen LogP) is 4.34. The zero-order valence-electron chi connectivity index (χ0n) is 16.3. The highest BCUT2D eigenvalue weighted by Crippen LogP contribution is 2.30. The fourth-order valence-corrected chi connectivity index (χ4v) is 5.44. The Morgan fingerprint density at radius 2 is 1.90 bits per heavy atom. The van der Waals surface area contributed by atoms with Crippen LogP contribution in [0.3, 0.4) is 0 Å². The van der Waals surface area contributed by atoms with Crippen molar-refractivity contribution in [2.24, 2.45) is 0 Å². The van der Waals surface area contributed by atoms with Gasteiger partial charge in [0.2, 0.25) is 0 Å². The van der Waals surface area contributed by atoms with Crippen molar-refractivity contribution in [3.05, 3.63) is 64.1 Å². The molecule has 0 aliphatic carbocycles. The van der Waals surface area contributed by atoms with E-state index in [-0.39, 0.29) is 30.1 Å². The molecule has 1 fully saturated rings. The van der Waals surface area contributed by atoms with E-state index >= 15 is 0 Å². The first-order valence-corrected chi connectivity index (χ1v) is 12.5. The number of hydrogen-bond donors (Lipinski definition) is 1. The molecule has 1 aliphatic rings. The number of nitrogens with one attached hydrogen (secondary N) is 1. The number of sulfone groups is 1. The molecular formula is C21H19BrClN3O4S. The molecule has 1 amide bonds. The number of rotatable bonds is 6. The Hall–Kier alpha value is -2.36. The van der Waals surface area contributed by atoms with Gasteiger partial charge < -0.3 is 10.1 Å². The topological polar surface area (TPSA) is 90.3 Å². The third kappa shape index (κ3) is 5.47. The molecule has 1 aliphatic heterocycles. The van der Waals surface area contributed by atoms with Gasteiger partial charge in [-0.1, -0.05) is 39.7 Å². The summed E-state index contributed by atoms with van der Waals surface area (Å²) in [6, 6.07) is 15.7. The molecule has 0 bridgehead atoms. The molecule has 1 saturated heterocycles. The number of nitrogens with zero attached hydrogens (tertiary/aromatic N) is 2. The molecule has 2 aromatic carbocycles. The van der Waals surface area contributed by atoms with Gasteiger partial charge in [-0.05, 0) is 42.8 Å². The van der Waals surface area contributed by atoms with E-state index in [2.05, 4.69) is 26.3 Å². The molecule has 1 aromatic heterocycles. The van der Waals surface area contributed by atoms with E-state index in [4.69, 9.17) is 16.3 Å². The maximum Gasteiger partial charge on any atom is 0.263 e. The largest absolute Gasteiger partial charge is 0.484 e. The van der Waals surface area contributed by atoms with Crippen LogP contribution in [0.2, 0.25) is 5.02 Å². The number of carbonyl (C=O) groups is 1. The lowest BCUT2D eigenvalue weighted by Gasteiger charge is -2.14. The molecule has 0 radical (unpaired) electrons. The van der Waals surface area contributed by atoms with E-state index in [1.807, 2.05) is 24.3 Å². The van der Waals surface area contributed by atoms with E-state index in [9.17, 15) is 13.2 Å². The van der Waals surface area contributed by atoms with Crippen LogP contribution in [0.4, 0.5) is 5.82 Å². The standard InChI is InChI=1S/C21H19BrClN3O4S/c22-15-3-7-18(8-4-15)30-12-21(27)24-20-11-19(14-1-5-16(23)6-2-14)25-26(20)17-9-10-31(28,29)13-17/h1-8,11,17H,9-10,12-13H2,(H,24,27)/t17-/m1/s1. The highest BCUT2D eigenvalue weighted by Gasteiger charge is 2.31. The van der Waals surface area contributed by atoms with Gasteiger partial charge in [0.1, 0.15) is 11.6 Å². The summed E-state index contributed by atoms with van der Waals surface area (Å²) in [5.41, 5.74) is 1.43. The minimum absolute atomic E-state index is 0.00694. The maximum atomic E-state index is 12.5. The van der Waals surface area contributed by atoms with Gasteiger partial charge >= 0.3 is 0 Å². The Labute approximate surface area is 193 Å². The summed E-state index contributed by atoms with van der Waals surface area (Å²) in [6.45, 7) is -0.188. The lowest BCUT2D eigenvalue weighted by atomic mass is 10.1. The fraction of sp³-hybridized carbons (Fsp3) is 0.238. The third-order valence-corrected chi connectivity index (χ3v) is 7.41. The minimum Gasteiger partial charge on any atom is -0.484 e. The molecule has 0 saturated carbocycles. The van der Waals surface area contributed by atoms with E-state index in [0.29, 0.717) is 28.7 Å². The number of benzene rings is 2. The van der Waals surface area contributed by atoms with Gasteiger partial charge in [0.15, 0.2) is 16.4 Å². The lowest BCUT2D eigenvalue weighted by molar-refractivity contribution is -0.118. The molecule has 0 spiro atoms. The maximum absolute atomic E-state index is 12.5. The number of anilines is 1. The number of hydrogen-bond acceptors (Lipinski definition) is 5. The van der Waals surface area contributed by atoms with E-state index in [0.717, 1.165) is 10.0 Å². The van der Waals surface area contributed by atoms with Gasteiger partial charge in [-0.15, -0.1) is 0 Å². The van der Waals surface area contributed by atoms with Crippen molar-refractivity contribution in [1.29, 1.82) is 0 Å². The Bertz CT molecular complexity index is 1190. The van der Waals surface area contributed by atoms with Crippen LogP contribution in [0.15, 0.2) is 59.1 Å². The Balaban J connectivity index is 1.55. The van der Waals surface area contributed by atoms with Crippen molar-refractivity contribution < 1.29 is 17.9 Å². The molecule has 31 heavy (non-hydrogen) atoms. The zero-order chi connectivity index (χ0) is 22.0. The smallest absolute Gasteiger partial charge is 0.263 e. The monoisotopic (exact) mass is 523 g/mol. The van der Waals surface area contributed by atoms with Crippen LogP contribution < -0.4 is 10.1 Å². The molecule has 4 rings (SSSR count). The lowest BCUT2D eigenvalue weighted by Crippen LogP contribution is -2.23. The summed E-state index contributed by atoms with van der Waals surface area (Å²) < 4.78 is 32.0. The summed E-state index contributed by atoms with van der Waals surface area (Å²) in [6.07, 6.45) is 0.447. The number of aromatic nitrogens is 2. The third-order valence-electron chi connectivity index (χ3n) is 4.88. The SMILES string of the molecule is O=C(COc1ccc(Br)cc1)Nc1cc(-c2ccc(Cl)cc2)nn1[C@@H]1CCS(=O)(=O)C1. The van der Waals surface area contributed by atoms with Crippen LogP contribution >= 0.6 is 27.5 Å². The second-order valence-corrected chi connectivity index (χ2v) is 10.8. The van der Waals surface area contributed by atoms with Crippen LogP contribution in [0.1, 0.15) is 12.5 Å². The highest BCUT2D eigenvalue weighted by atomic mass is 79.9. The Kier molecular flexibility index (Phi) is 6.36. The molecule has 1 atom stereocenters. The summed E-state index contributed by atoms with van der Waals surface area (Å²) in [5.74, 6) is 0.723. The fourth-order valence-electron chi connectivity index (χ4n) is 3.35. The van der Waals surface area contributed by atoms with Crippen molar-refractivity contribution in [1.82, 2.24) is 9.78 Å². The average Bonchev–Trinajstić information content (AvgIpc) is 3.31. The van der Waals surface area contributed by atoms with Crippen molar-refractivity contribution in [2.75, 3.05) is 23.4 Å². The molecule has 7 nitrogen and oxygen atoms in total. The summed E-state index contributed by atoms with van der Waals surface area (Å²) in [5, 5.41) is 7.99. The first-order valence-electron chi connectivity index (χ1n) is 9.53. The average molecular weight is 525 g/mol. The Morgan fingerprint density at radius 3 is 2.55 bits per heavy atom. The van der Waals surface area contributed by atoms with Crippen LogP contribution in [-0.2, 0) is 14.6 Å². The van der Waals surface area contributed by atoms with E-state index in [1.165, 1.54) is 0 Å². The highest BCUT2D eigenvalue weighted by molar-refractivity contribution is 9.10. The summed E-state index contributed by atoms with van der Waals surface area (Å²) in [4.78, 5) is 12.5. The van der Waals surface area contributed by atoms with Crippen molar-refractivity contribution in [2.45, 2.75) is 12.5 Å². The van der Waals surface area contributed by atoms with Crippen LogP contribution in [0.25, 0.3) is 11.3 Å². The van der Waals surface area contributed by atoms with Crippen molar-refractivity contribution in [3.8, 4) is 17.0 Å². The Morgan fingerprint density at radius 1 is 1.19 bits per heavy atom. The van der Waals surface area contributed by atoms with Crippen molar-refractivity contribution >= 4 is 49.1 Å². The number of carbonyl (C=O) groups excluding carboxylic acids is 1. The number of halogens is 2. The minimum atomic E-state index is -3.12. The first-order chi connectivity index (χ1) is 14.8. The molecule has 10 heteroatoms. The van der Waals surface area contributed by atoms with E-state index in [1.54, 1.807) is 35.0 Å². The molecule has 3 aromatic rings. The molecule has 1 N–H and O–H groups in total. The van der Waals surface area contributed by atoms with Crippen LogP contribution in [0.5, 0.6) is 5.75 Å². The van der Waals surface area contributed by atoms with Gasteiger partial charge in [-0.2, -0.15) is 5.10 Å². The molecule has 162 valence electrons.